The van der Waals surface area contributed by atoms with E-state index in [1.54, 1.807) is 0 Å². The van der Waals surface area contributed by atoms with Crippen LogP contribution < -0.4 is 10.1 Å². The third kappa shape index (κ3) is 4.34. The van der Waals surface area contributed by atoms with Crippen molar-refractivity contribution in [1.29, 1.82) is 0 Å². The molecule has 1 atom stereocenters. The molecule has 1 saturated carbocycles. The molecular formula is C16H25NO. The summed E-state index contributed by atoms with van der Waals surface area (Å²) < 4.78 is 5.67. The molecule has 0 aliphatic heterocycles. The maximum absolute atomic E-state index is 5.67. The largest absolute Gasteiger partial charge is 0.494 e. The summed E-state index contributed by atoms with van der Waals surface area (Å²) in [5, 5.41) is 3.63. The number of benzene rings is 1. The molecule has 0 bridgehead atoms. The number of ether oxygens (including phenoxy) is 1. The van der Waals surface area contributed by atoms with Crippen molar-refractivity contribution in [2.45, 2.75) is 45.1 Å². The molecule has 0 spiro atoms. The van der Waals surface area contributed by atoms with E-state index >= 15 is 0 Å². The van der Waals surface area contributed by atoms with Gasteiger partial charge < -0.3 is 10.1 Å². The van der Waals surface area contributed by atoms with E-state index in [1.165, 1.54) is 25.7 Å². The molecule has 1 aromatic carbocycles. The van der Waals surface area contributed by atoms with Crippen LogP contribution in [0.3, 0.4) is 0 Å². The van der Waals surface area contributed by atoms with Gasteiger partial charge in [0.2, 0.25) is 0 Å². The molecule has 2 nitrogen and oxygen atoms in total. The molecule has 0 aromatic heterocycles. The zero-order valence-corrected chi connectivity index (χ0v) is 11.4. The maximum atomic E-state index is 5.67. The predicted molar refractivity (Wildman–Crippen MR) is 76.0 cm³/mol. The Morgan fingerprint density at radius 1 is 1.22 bits per heavy atom. The van der Waals surface area contributed by atoms with E-state index in [4.69, 9.17) is 4.74 Å². The minimum atomic E-state index is 0.671. The minimum Gasteiger partial charge on any atom is -0.494 e. The van der Waals surface area contributed by atoms with Gasteiger partial charge in [-0.25, -0.2) is 0 Å². The second-order valence-corrected chi connectivity index (χ2v) is 5.30. The molecule has 100 valence electrons. The summed E-state index contributed by atoms with van der Waals surface area (Å²) in [5.74, 6) is 1.88. The monoisotopic (exact) mass is 247 g/mol. The number of nitrogens with one attached hydrogen (secondary N) is 1. The van der Waals surface area contributed by atoms with Crippen LogP contribution in [0.2, 0.25) is 0 Å². The fourth-order valence-corrected chi connectivity index (χ4v) is 2.73. The second-order valence-electron chi connectivity index (χ2n) is 5.30. The van der Waals surface area contributed by atoms with Crippen molar-refractivity contribution < 1.29 is 4.74 Å². The van der Waals surface area contributed by atoms with E-state index < -0.39 is 0 Å². The van der Waals surface area contributed by atoms with Crippen molar-refractivity contribution >= 4 is 0 Å². The lowest BCUT2D eigenvalue weighted by atomic mass is 10.00. The number of hydrogen-bond donors (Lipinski definition) is 1. The maximum Gasteiger partial charge on any atom is 0.119 e. The van der Waals surface area contributed by atoms with Crippen LogP contribution >= 0.6 is 0 Å². The van der Waals surface area contributed by atoms with Gasteiger partial charge in [-0.1, -0.05) is 31.0 Å². The molecule has 2 rings (SSSR count). The fraction of sp³-hybridized carbons (Fsp3) is 0.625. The summed E-state index contributed by atoms with van der Waals surface area (Å²) in [5.41, 5.74) is 0. The number of hydrogen-bond acceptors (Lipinski definition) is 2. The molecule has 0 radical (unpaired) electrons. The predicted octanol–water partition coefficient (Wildman–Crippen LogP) is 3.62. The van der Waals surface area contributed by atoms with Gasteiger partial charge in [-0.05, 0) is 50.8 Å². The topological polar surface area (TPSA) is 21.3 Å². The molecule has 0 unspecified atom stereocenters. The van der Waals surface area contributed by atoms with Crippen LogP contribution in [-0.2, 0) is 0 Å². The summed E-state index contributed by atoms with van der Waals surface area (Å²) >= 11 is 0. The van der Waals surface area contributed by atoms with Gasteiger partial charge in [0.05, 0.1) is 6.61 Å². The van der Waals surface area contributed by atoms with Crippen LogP contribution in [-0.4, -0.2) is 19.2 Å². The van der Waals surface area contributed by atoms with E-state index in [9.17, 15) is 0 Å². The van der Waals surface area contributed by atoms with Gasteiger partial charge in [-0.2, -0.15) is 0 Å². The van der Waals surface area contributed by atoms with Crippen LogP contribution in [0, 0.1) is 5.92 Å². The Hall–Kier alpha value is -1.02. The van der Waals surface area contributed by atoms with Crippen LogP contribution in [0.5, 0.6) is 5.75 Å². The fourth-order valence-electron chi connectivity index (χ4n) is 2.73. The summed E-state index contributed by atoms with van der Waals surface area (Å²) in [6.07, 6.45) is 6.75. The van der Waals surface area contributed by atoms with Gasteiger partial charge in [0.1, 0.15) is 5.75 Å². The quantitative estimate of drug-likeness (QED) is 0.743. The van der Waals surface area contributed by atoms with Gasteiger partial charge in [0, 0.05) is 6.04 Å². The van der Waals surface area contributed by atoms with Crippen LogP contribution in [0.4, 0.5) is 0 Å². The molecule has 0 amide bonds. The Balaban J connectivity index is 1.53. The summed E-state index contributed by atoms with van der Waals surface area (Å²) in [4.78, 5) is 0. The van der Waals surface area contributed by atoms with Crippen molar-refractivity contribution in [2.75, 3.05) is 13.2 Å². The highest BCUT2D eigenvalue weighted by Crippen LogP contribution is 2.27. The molecule has 1 fully saturated rings. The second kappa shape index (κ2) is 7.42. The molecule has 0 saturated heterocycles. The average molecular weight is 247 g/mol. The zero-order valence-electron chi connectivity index (χ0n) is 11.4. The van der Waals surface area contributed by atoms with Gasteiger partial charge in [0.15, 0.2) is 0 Å². The summed E-state index contributed by atoms with van der Waals surface area (Å²) in [6.45, 7) is 4.19. The first-order valence-electron chi connectivity index (χ1n) is 7.27. The van der Waals surface area contributed by atoms with Crippen LogP contribution in [0.1, 0.15) is 39.0 Å². The van der Waals surface area contributed by atoms with Crippen molar-refractivity contribution in [3.05, 3.63) is 30.3 Å². The van der Waals surface area contributed by atoms with Crippen molar-refractivity contribution in [3.63, 3.8) is 0 Å². The first-order chi connectivity index (χ1) is 8.86. The molecule has 1 aliphatic rings. The first kappa shape index (κ1) is 13.4. The van der Waals surface area contributed by atoms with Crippen molar-refractivity contribution in [2.24, 2.45) is 5.92 Å². The average Bonchev–Trinajstić information content (AvgIpc) is 2.93. The van der Waals surface area contributed by atoms with Crippen LogP contribution in [0.25, 0.3) is 0 Å². The van der Waals surface area contributed by atoms with E-state index in [0.717, 1.165) is 31.2 Å². The zero-order chi connectivity index (χ0) is 12.6. The van der Waals surface area contributed by atoms with Crippen molar-refractivity contribution in [1.82, 2.24) is 5.32 Å². The Morgan fingerprint density at radius 3 is 2.67 bits per heavy atom. The lowest BCUT2D eigenvalue weighted by Crippen LogP contribution is -2.33. The summed E-state index contributed by atoms with van der Waals surface area (Å²) in [6, 6.07) is 10.7. The Kier molecular flexibility index (Phi) is 5.53. The van der Waals surface area contributed by atoms with E-state index in [2.05, 4.69) is 12.2 Å². The summed E-state index contributed by atoms with van der Waals surface area (Å²) in [7, 11) is 0. The molecule has 2 heteroatoms. The molecule has 18 heavy (non-hydrogen) atoms. The number of para-hydroxylation sites is 1. The lowest BCUT2D eigenvalue weighted by Gasteiger charge is -2.20. The minimum absolute atomic E-state index is 0.671. The standard InChI is InChI=1S/C16H25NO/c1-14(15-8-5-6-9-15)17-12-7-13-18-16-10-3-2-4-11-16/h2-4,10-11,14-15,17H,5-9,12-13H2,1H3/t14-/m1/s1. The first-order valence-corrected chi connectivity index (χ1v) is 7.27. The molecule has 0 heterocycles. The van der Waals surface area contributed by atoms with Gasteiger partial charge >= 0.3 is 0 Å². The van der Waals surface area contributed by atoms with E-state index in [-0.39, 0.29) is 0 Å². The third-order valence-corrected chi connectivity index (χ3v) is 3.91. The van der Waals surface area contributed by atoms with E-state index in [0.29, 0.717) is 6.04 Å². The smallest absolute Gasteiger partial charge is 0.119 e. The Morgan fingerprint density at radius 2 is 1.94 bits per heavy atom. The molecular weight excluding hydrogens is 222 g/mol. The highest BCUT2D eigenvalue weighted by atomic mass is 16.5. The lowest BCUT2D eigenvalue weighted by molar-refractivity contribution is 0.297. The van der Waals surface area contributed by atoms with Gasteiger partial charge in [-0.15, -0.1) is 0 Å². The van der Waals surface area contributed by atoms with Gasteiger partial charge in [-0.3, -0.25) is 0 Å². The van der Waals surface area contributed by atoms with Gasteiger partial charge in [0.25, 0.3) is 0 Å². The van der Waals surface area contributed by atoms with Crippen LogP contribution in [0.15, 0.2) is 30.3 Å². The molecule has 1 aromatic rings. The normalized spacial score (nSPS) is 17.8. The highest BCUT2D eigenvalue weighted by Gasteiger charge is 2.20. The Bertz CT molecular complexity index is 319. The third-order valence-electron chi connectivity index (χ3n) is 3.91. The van der Waals surface area contributed by atoms with Crippen molar-refractivity contribution in [3.8, 4) is 5.75 Å². The molecule has 1 aliphatic carbocycles. The Labute approximate surface area is 111 Å². The molecule has 1 N–H and O–H groups in total. The SMILES string of the molecule is C[C@@H](NCCCOc1ccccc1)C1CCCC1. The highest BCUT2D eigenvalue weighted by molar-refractivity contribution is 5.20. The number of rotatable bonds is 7. The van der Waals surface area contributed by atoms with E-state index in [1.807, 2.05) is 30.3 Å².